The zero-order valence-corrected chi connectivity index (χ0v) is 19.8. The molecule has 0 atom stereocenters. The normalized spacial score (nSPS) is 18.5. The summed E-state index contributed by atoms with van der Waals surface area (Å²) in [7, 11) is -3.53. The molecule has 2 aliphatic heterocycles. The predicted octanol–water partition coefficient (Wildman–Crippen LogP) is 2.39. The number of carbonyl (C=O) groups excluding carboxylic acids is 1. The number of sulfonamides is 1. The first kappa shape index (κ1) is 22.8. The number of rotatable bonds is 6. The summed E-state index contributed by atoms with van der Waals surface area (Å²) in [6.45, 7) is 2.71. The Morgan fingerprint density at radius 1 is 1.00 bits per heavy atom. The first-order valence-electron chi connectivity index (χ1n) is 11.7. The lowest BCUT2D eigenvalue weighted by Gasteiger charge is -2.32. The molecule has 180 valence electrons. The van der Waals surface area contributed by atoms with Crippen molar-refractivity contribution in [3.63, 3.8) is 0 Å². The van der Waals surface area contributed by atoms with Crippen LogP contribution in [0.15, 0.2) is 58.2 Å². The number of hydrogen-bond acceptors (Lipinski definition) is 5. The molecule has 0 unspecified atom stereocenters. The number of imidazole rings is 1. The highest BCUT2D eigenvalue weighted by atomic mass is 32.2. The van der Waals surface area contributed by atoms with E-state index in [9.17, 15) is 18.0 Å². The molecule has 5 rings (SSSR count). The van der Waals surface area contributed by atoms with E-state index in [-0.39, 0.29) is 29.1 Å². The number of H-pyrrole nitrogens is 1. The number of nitrogens with zero attached hydrogens (tertiary/aromatic N) is 3. The molecule has 0 saturated carbocycles. The number of para-hydroxylation sites is 2. The van der Waals surface area contributed by atoms with Crippen LogP contribution >= 0.6 is 0 Å². The SMILES string of the molecule is O=C(CN1CCC(n2c(=O)[nH]c3ccccc32)CC1)Nc1cccc(S(=O)(=O)N2CCCC2)c1. The molecule has 1 aromatic heterocycles. The van der Waals surface area contributed by atoms with Crippen molar-refractivity contribution in [3.05, 3.63) is 59.0 Å². The van der Waals surface area contributed by atoms with Crippen LogP contribution in [-0.2, 0) is 14.8 Å². The number of hydrogen-bond donors (Lipinski definition) is 2. The first-order valence-corrected chi connectivity index (χ1v) is 13.2. The van der Waals surface area contributed by atoms with Crippen molar-refractivity contribution >= 4 is 32.7 Å². The number of piperidine rings is 1. The van der Waals surface area contributed by atoms with E-state index >= 15 is 0 Å². The fraction of sp³-hybridized carbons (Fsp3) is 0.417. The Morgan fingerprint density at radius 2 is 1.74 bits per heavy atom. The highest BCUT2D eigenvalue weighted by molar-refractivity contribution is 7.89. The molecule has 3 aromatic rings. The quantitative estimate of drug-likeness (QED) is 0.560. The molecule has 2 N–H and O–H groups in total. The maximum Gasteiger partial charge on any atom is 0.326 e. The van der Waals surface area contributed by atoms with Crippen molar-refractivity contribution in [1.29, 1.82) is 0 Å². The van der Waals surface area contributed by atoms with Crippen molar-refractivity contribution in [2.24, 2.45) is 0 Å². The molecule has 0 bridgehead atoms. The molecule has 9 nitrogen and oxygen atoms in total. The number of amides is 1. The maximum atomic E-state index is 12.8. The van der Waals surface area contributed by atoms with E-state index in [0.29, 0.717) is 31.9 Å². The van der Waals surface area contributed by atoms with Crippen molar-refractivity contribution in [2.75, 3.05) is 38.0 Å². The van der Waals surface area contributed by atoms with Crippen LogP contribution in [0.1, 0.15) is 31.7 Å². The third-order valence-corrected chi connectivity index (χ3v) is 8.63. The summed E-state index contributed by atoms with van der Waals surface area (Å²) in [5, 5.41) is 2.84. The summed E-state index contributed by atoms with van der Waals surface area (Å²) in [5.74, 6) is -0.182. The minimum atomic E-state index is -3.53. The average Bonchev–Trinajstić information content (AvgIpc) is 3.48. The summed E-state index contributed by atoms with van der Waals surface area (Å²) in [4.78, 5) is 30.3. The van der Waals surface area contributed by atoms with Crippen LogP contribution < -0.4 is 11.0 Å². The molecule has 2 aliphatic rings. The van der Waals surface area contributed by atoms with Crippen LogP contribution in [0.2, 0.25) is 0 Å². The minimum Gasteiger partial charge on any atom is -0.325 e. The van der Waals surface area contributed by atoms with E-state index in [1.54, 1.807) is 18.2 Å². The summed E-state index contributed by atoms with van der Waals surface area (Å²) in [6.07, 6.45) is 3.31. The topological polar surface area (TPSA) is 108 Å². The number of fused-ring (bicyclic) bond motifs is 1. The average molecular weight is 484 g/mol. The van der Waals surface area contributed by atoms with Crippen LogP contribution in [0.5, 0.6) is 0 Å². The van der Waals surface area contributed by atoms with Gasteiger partial charge in [0.05, 0.1) is 22.5 Å². The van der Waals surface area contributed by atoms with Gasteiger partial charge in [0.2, 0.25) is 15.9 Å². The Morgan fingerprint density at radius 3 is 2.50 bits per heavy atom. The molecule has 10 heteroatoms. The number of carbonyl (C=O) groups is 1. The number of aromatic nitrogens is 2. The van der Waals surface area contributed by atoms with Gasteiger partial charge in [-0.3, -0.25) is 14.3 Å². The van der Waals surface area contributed by atoms with Crippen LogP contribution in [0.3, 0.4) is 0 Å². The van der Waals surface area contributed by atoms with Gasteiger partial charge in [0.1, 0.15) is 0 Å². The van der Waals surface area contributed by atoms with Gasteiger partial charge in [-0.25, -0.2) is 13.2 Å². The fourth-order valence-corrected chi connectivity index (χ4v) is 6.55. The highest BCUT2D eigenvalue weighted by Gasteiger charge is 2.28. The van der Waals surface area contributed by atoms with Crippen LogP contribution in [-0.4, -0.2) is 65.8 Å². The molecule has 0 aliphatic carbocycles. The number of nitrogens with one attached hydrogen (secondary N) is 2. The standard InChI is InChI=1S/C24H29N5O4S/c30-23(25-18-6-5-7-20(16-18)34(32,33)28-12-3-4-13-28)17-27-14-10-19(11-15-27)29-22-9-2-1-8-21(22)26-24(29)31/h1-2,5-9,16,19H,3-4,10-15,17H2,(H,25,30)(H,26,31). The summed E-state index contributed by atoms with van der Waals surface area (Å²) in [5.41, 5.74) is 2.13. The Hall–Kier alpha value is -2.95. The van der Waals surface area contributed by atoms with E-state index < -0.39 is 10.0 Å². The number of benzene rings is 2. The summed E-state index contributed by atoms with van der Waals surface area (Å²) in [6, 6.07) is 14.2. The second-order valence-electron chi connectivity index (χ2n) is 9.01. The molecule has 2 fully saturated rings. The third kappa shape index (κ3) is 4.53. The third-order valence-electron chi connectivity index (χ3n) is 6.73. The van der Waals surface area contributed by atoms with E-state index in [2.05, 4.69) is 15.2 Å². The smallest absolute Gasteiger partial charge is 0.325 e. The second-order valence-corrected chi connectivity index (χ2v) is 10.9. The van der Waals surface area contributed by atoms with Gasteiger partial charge in [-0.1, -0.05) is 18.2 Å². The number of likely N-dealkylation sites (tertiary alicyclic amines) is 1. The molecular weight excluding hydrogens is 454 g/mol. The van der Waals surface area contributed by atoms with Crippen LogP contribution in [0.4, 0.5) is 5.69 Å². The summed E-state index contributed by atoms with van der Waals surface area (Å²) >= 11 is 0. The second kappa shape index (κ2) is 9.36. The minimum absolute atomic E-state index is 0.0930. The largest absolute Gasteiger partial charge is 0.326 e. The fourth-order valence-electron chi connectivity index (χ4n) is 4.99. The first-order chi connectivity index (χ1) is 16.4. The van der Waals surface area contributed by atoms with E-state index in [0.717, 1.165) is 36.7 Å². The van der Waals surface area contributed by atoms with Crippen LogP contribution in [0.25, 0.3) is 11.0 Å². The molecule has 0 radical (unpaired) electrons. The molecule has 2 saturated heterocycles. The molecule has 3 heterocycles. The number of anilines is 1. The highest BCUT2D eigenvalue weighted by Crippen LogP contribution is 2.25. The van der Waals surface area contributed by atoms with Crippen molar-refractivity contribution in [2.45, 2.75) is 36.6 Å². The number of aromatic amines is 1. The van der Waals surface area contributed by atoms with Gasteiger partial charge in [0.15, 0.2) is 0 Å². The van der Waals surface area contributed by atoms with Gasteiger partial charge in [0, 0.05) is 37.9 Å². The molecule has 1 amide bonds. The van der Waals surface area contributed by atoms with Crippen molar-refractivity contribution in [1.82, 2.24) is 18.8 Å². The van der Waals surface area contributed by atoms with E-state index in [4.69, 9.17) is 0 Å². The summed E-state index contributed by atoms with van der Waals surface area (Å²) < 4.78 is 28.9. The van der Waals surface area contributed by atoms with Gasteiger partial charge in [-0.2, -0.15) is 4.31 Å². The molecule has 0 spiro atoms. The lowest BCUT2D eigenvalue weighted by Crippen LogP contribution is -2.41. The van der Waals surface area contributed by atoms with E-state index in [1.807, 2.05) is 28.8 Å². The Labute approximate surface area is 198 Å². The predicted molar refractivity (Wildman–Crippen MR) is 130 cm³/mol. The monoisotopic (exact) mass is 483 g/mol. The molecule has 2 aromatic carbocycles. The van der Waals surface area contributed by atoms with Gasteiger partial charge >= 0.3 is 5.69 Å². The van der Waals surface area contributed by atoms with E-state index in [1.165, 1.54) is 10.4 Å². The maximum absolute atomic E-state index is 12.8. The Kier molecular flexibility index (Phi) is 6.28. The Balaban J connectivity index is 1.19. The van der Waals surface area contributed by atoms with Gasteiger partial charge in [-0.15, -0.1) is 0 Å². The lowest BCUT2D eigenvalue weighted by molar-refractivity contribution is -0.117. The zero-order chi connectivity index (χ0) is 23.7. The molecular formula is C24H29N5O4S. The molecule has 34 heavy (non-hydrogen) atoms. The van der Waals surface area contributed by atoms with Gasteiger partial charge in [0.25, 0.3) is 0 Å². The van der Waals surface area contributed by atoms with Crippen molar-refractivity contribution < 1.29 is 13.2 Å². The van der Waals surface area contributed by atoms with Gasteiger partial charge in [-0.05, 0) is 56.0 Å². The lowest BCUT2D eigenvalue weighted by atomic mass is 10.0. The van der Waals surface area contributed by atoms with Crippen LogP contribution in [0, 0.1) is 0 Å². The van der Waals surface area contributed by atoms with Crippen molar-refractivity contribution in [3.8, 4) is 0 Å². The Bertz CT molecular complexity index is 1350. The van der Waals surface area contributed by atoms with Gasteiger partial charge < -0.3 is 10.3 Å². The zero-order valence-electron chi connectivity index (χ0n) is 18.9.